The molecule has 3 aromatic rings. The van der Waals surface area contributed by atoms with Crippen molar-refractivity contribution in [1.29, 1.82) is 0 Å². The van der Waals surface area contributed by atoms with Crippen molar-refractivity contribution in [2.75, 3.05) is 4.72 Å². The molecule has 0 aliphatic rings. The molecule has 0 aliphatic heterocycles. The zero-order valence-electron chi connectivity index (χ0n) is 10.6. The summed E-state index contributed by atoms with van der Waals surface area (Å²) < 4.78 is 28.9. The number of fused-ring (bicyclic) bond motifs is 1. The number of nitrogens with zero attached hydrogens (tertiary/aromatic N) is 1. The summed E-state index contributed by atoms with van der Waals surface area (Å²) in [6.07, 6.45) is 0. The Morgan fingerprint density at radius 3 is 2.71 bits per heavy atom. The van der Waals surface area contributed by atoms with E-state index < -0.39 is 10.0 Å². The van der Waals surface area contributed by atoms with Gasteiger partial charge < -0.3 is 0 Å². The van der Waals surface area contributed by atoms with Crippen molar-refractivity contribution in [2.45, 2.75) is 11.1 Å². The van der Waals surface area contributed by atoms with Gasteiger partial charge in [0.15, 0.2) is 0 Å². The van der Waals surface area contributed by atoms with Gasteiger partial charge in [-0.25, -0.2) is 13.4 Å². The van der Waals surface area contributed by atoms with Gasteiger partial charge in [0.1, 0.15) is 4.21 Å². The van der Waals surface area contributed by atoms with Crippen molar-refractivity contribution in [3.8, 4) is 0 Å². The molecule has 110 valence electrons. The summed E-state index contributed by atoms with van der Waals surface area (Å²) in [5.41, 5.74) is 1.37. The van der Waals surface area contributed by atoms with E-state index in [0.717, 1.165) is 26.6 Å². The average molecular weight is 424 g/mol. The first-order valence-electron chi connectivity index (χ1n) is 5.70. The zero-order chi connectivity index (χ0) is 15.2. The summed E-state index contributed by atoms with van der Waals surface area (Å²) in [6, 6.07) is 6.70. The number of aromatic nitrogens is 1. The maximum atomic E-state index is 12.3. The fraction of sp³-hybridized carbons (Fsp3) is 0.0833. The predicted molar refractivity (Wildman–Crippen MR) is 92.2 cm³/mol. The van der Waals surface area contributed by atoms with E-state index in [0.29, 0.717) is 14.5 Å². The Morgan fingerprint density at radius 2 is 2.05 bits per heavy atom. The number of hydrogen-bond donors (Lipinski definition) is 1. The van der Waals surface area contributed by atoms with Crippen molar-refractivity contribution in [1.82, 2.24) is 4.98 Å². The molecule has 0 radical (unpaired) electrons. The normalized spacial score (nSPS) is 12.0. The molecule has 0 bridgehead atoms. The van der Waals surface area contributed by atoms with Gasteiger partial charge in [0, 0.05) is 0 Å². The van der Waals surface area contributed by atoms with Crippen LogP contribution in [0.15, 0.2) is 32.3 Å². The van der Waals surface area contributed by atoms with Crippen molar-refractivity contribution < 1.29 is 8.42 Å². The molecular weight excluding hydrogens is 416 g/mol. The lowest BCUT2D eigenvalue weighted by Crippen LogP contribution is -2.11. The molecule has 2 aromatic heterocycles. The van der Waals surface area contributed by atoms with E-state index in [1.165, 1.54) is 17.4 Å². The second kappa shape index (κ2) is 5.51. The molecule has 0 saturated carbocycles. The maximum absolute atomic E-state index is 12.3. The van der Waals surface area contributed by atoms with E-state index >= 15 is 0 Å². The predicted octanol–water partition coefficient (Wildman–Crippen LogP) is 4.88. The number of benzene rings is 1. The van der Waals surface area contributed by atoms with E-state index in [1.54, 1.807) is 18.2 Å². The third-order valence-corrected chi connectivity index (χ3v) is 7.90. The minimum absolute atomic E-state index is 0.167. The van der Waals surface area contributed by atoms with E-state index in [-0.39, 0.29) is 4.21 Å². The smallest absolute Gasteiger partial charge is 0.271 e. The Balaban J connectivity index is 1.96. The molecule has 1 aromatic carbocycles. The van der Waals surface area contributed by atoms with Crippen LogP contribution in [0.2, 0.25) is 5.02 Å². The van der Waals surface area contributed by atoms with Crippen LogP contribution in [0, 0.1) is 6.92 Å². The molecule has 3 rings (SSSR count). The number of halogens is 2. The monoisotopic (exact) mass is 422 g/mol. The number of rotatable bonds is 3. The molecule has 0 aliphatic carbocycles. The molecule has 4 nitrogen and oxygen atoms in total. The molecule has 0 fully saturated rings. The van der Waals surface area contributed by atoms with Gasteiger partial charge >= 0.3 is 0 Å². The van der Waals surface area contributed by atoms with Gasteiger partial charge in [-0.1, -0.05) is 11.6 Å². The highest BCUT2D eigenvalue weighted by molar-refractivity contribution is 9.11. The molecule has 0 saturated heterocycles. The van der Waals surface area contributed by atoms with Crippen LogP contribution < -0.4 is 4.72 Å². The Bertz CT molecular complexity index is 914. The standard InChI is InChI=1S/C12H8BrClN2O2S3/c1-6-15-9-3-2-7(4-10(9)19-6)16-21(17,18)11-5-8(14)12(13)20-11/h2-5,16H,1H3. The van der Waals surface area contributed by atoms with Gasteiger partial charge in [-0.2, -0.15) is 0 Å². The minimum atomic E-state index is -3.64. The summed E-state index contributed by atoms with van der Waals surface area (Å²) in [5.74, 6) is 0. The summed E-state index contributed by atoms with van der Waals surface area (Å²) in [6.45, 7) is 1.92. The second-order valence-corrected chi connectivity index (χ2v) is 10.1. The van der Waals surface area contributed by atoms with Crippen molar-refractivity contribution >= 4 is 76.1 Å². The van der Waals surface area contributed by atoms with Crippen LogP contribution in [0.25, 0.3) is 10.2 Å². The average Bonchev–Trinajstić information content (AvgIpc) is 2.91. The van der Waals surface area contributed by atoms with Gasteiger partial charge in [0.25, 0.3) is 10.0 Å². The lowest BCUT2D eigenvalue weighted by Gasteiger charge is -2.05. The van der Waals surface area contributed by atoms with Gasteiger partial charge in [0.2, 0.25) is 0 Å². The molecule has 0 spiro atoms. The number of nitrogens with one attached hydrogen (secondary N) is 1. The van der Waals surface area contributed by atoms with Crippen LogP contribution in [0.5, 0.6) is 0 Å². The van der Waals surface area contributed by atoms with Gasteiger partial charge in [0.05, 0.1) is 29.7 Å². The first-order chi connectivity index (χ1) is 9.85. The quantitative estimate of drug-likeness (QED) is 0.653. The number of hydrogen-bond acceptors (Lipinski definition) is 5. The lowest BCUT2D eigenvalue weighted by atomic mass is 10.3. The van der Waals surface area contributed by atoms with Crippen LogP contribution >= 0.6 is 50.2 Å². The lowest BCUT2D eigenvalue weighted by molar-refractivity contribution is 0.603. The topological polar surface area (TPSA) is 59.1 Å². The van der Waals surface area contributed by atoms with Crippen LogP contribution in [0.1, 0.15) is 5.01 Å². The first-order valence-corrected chi connectivity index (χ1v) is 9.99. The van der Waals surface area contributed by atoms with Crippen LogP contribution in [0.4, 0.5) is 5.69 Å². The second-order valence-electron chi connectivity index (χ2n) is 4.21. The molecule has 9 heteroatoms. The third-order valence-electron chi connectivity index (χ3n) is 2.63. The third kappa shape index (κ3) is 3.09. The minimum Gasteiger partial charge on any atom is -0.279 e. The number of anilines is 1. The molecule has 0 unspecified atom stereocenters. The molecule has 21 heavy (non-hydrogen) atoms. The van der Waals surface area contributed by atoms with Gasteiger partial charge in [-0.05, 0) is 47.1 Å². The fourth-order valence-corrected chi connectivity index (χ4v) is 6.08. The number of thiazole rings is 1. The van der Waals surface area contributed by atoms with Crippen molar-refractivity contribution in [3.05, 3.63) is 38.1 Å². The largest absolute Gasteiger partial charge is 0.279 e. The van der Waals surface area contributed by atoms with Crippen LogP contribution in [-0.2, 0) is 10.0 Å². The van der Waals surface area contributed by atoms with Crippen LogP contribution in [-0.4, -0.2) is 13.4 Å². The molecule has 0 amide bonds. The van der Waals surface area contributed by atoms with Crippen LogP contribution in [0.3, 0.4) is 0 Å². The molecule has 2 heterocycles. The Hall–Kier alpha value is -0.670. The van der Waals surface area contributed by atoms with Gasteiger partial charge in [-0.3, -0.25) is 4.72 Å². The van der Waals surface area contributed by atoms with Crippen molar-refractivity contribution in [2.24, 2.45) is 0 Å². The molecule has 1 N–H and O–H groups in total. The molecular formula is C12H8BrClN2O2S3. The summed E-state index contributed by atoms with van der Waals surface area (Å²) in [5, 5.41) is 1.33. The van der Waals surface area contributed by atoms with E-state index in [2.05, 4.69) is 25.6 Å². The Morgan fingerprint density at radius 1 is 1.29 bits per heavy atom. The number of aryl methyl sites for hydroxylation is 1. The Labute approximate surface area is 143 Å². The van der Waals surface area contributed by atoms with Gasteiger partial charge in [-0.15, -0.1) is 22.7 Å². The highest BCUT2D eigenvalue weighted by Gasteiger charge is 2.19. The van der Waals surface area contributed by atoms with Crippen molar-refractivity contribution in [3.63, 3.8) is 0 Å². The first kappa shape index (κ1) is 15.2. The number of sulfonamides is 1. The van der Waals surface area contributed by atoms with E-state index in [1.807, 2.05) is 6.92 Å². The Kier molecular flexibility index (Phi) is 4.00. The SMILES string of the molecule is Cc1nc2ccc(NS(=O)(=O)c3cc(Cl)c(Br)s3)cc2s1. The maximum Gasteiger partial charge on any atom is 0.271 e. The molecule has 0 atom stereocenters. The zero-order valence-corrected chi connectivity index (χ0v) is 15.3. The van der Waals surface area contributed by atoms with E-state index in [4.69, 9.17) is 11.6 Å². The highest BCUT2D eigenvalue weighted by atomic mass is 79.9. The summed E-state index contributed by atoms with van der Waals surface area (Å²) in [4.78, 5) is 4.34. The highest BCUT2D eigenvalue weighted by Crippen LogP contribution is 2.35. The number of thiophene rings is 1. The fourth-order valence-electron chi connectivity index (χ4n) is 1.77. The summed E-state index contributed by atoms with van der Waals surface area (Å²) in [7, 11) is -3.64. The van der Waals surface area contributed by atoms with E-state index in [9.17, 15) is 8.42 Å². The summed E-state index contributed by atoms with van der Waals surface area (Å²) >= 11 is 11.7.